The number of imidazole rings is 1. The molecule has 1 N–H and O–H groups in total. The molecule has 0 spiro atoms. The van der Waals surface area contributed by atoms with Gasteiger partial charge < -0.3 is 9.67 Å². The first-order valence-electron chi connectivity index (χ1n) is 7.74. The molecule has 0 aliphatic carbocycles. The van der Waals surface area contributed by atoms with Gasteiger partial charge in [-0.05, 0) is 30.2 Å². The van der Waals surface area contributed by atoms with Crippen molar-refractivity contribution in [3.8, 4) is 0 Å². The van der Waals surface area contributed by atoms with Gasteiger partial charge in [0.25, 0.3) is 0 Å². The molecule has 3 rings (SSSR count). The van der Waals surface area contributed by atoms with Crippen LogP contribution in [0.5, 0.6) is 0 Å². The molecule has 3 nitrogen and oxygen atoms in total. The van der Waals surface area contributed by atoms with Crippen LogP contribution in [0.25, 0.3) is 0 Å². The first-order chi connectivity index (χ1) is 11.7. The molecule has 0 aliphatic rings. The average Bonchev–Trinajstić information content (AvgIpc) is 2.98. The van der Waals surface area contributed by atoms with Gasteiger partial charge in [-0.25, -0.2) is 4.98 Å². The Morgan fingerprint density at radius 2 is 1.71 bits per heavy atom. The van der Waals surface area contributed by atoms with E-state index in [0.29, 0.717) is 0 Å². The lowest BCUT2D eigenvalue weighted by molar-refractivity contribution is 0.270. The molecule has 0 atom stereocenters. The molecular weight excluding hydrogens is 384 g/mol. The first-order valence-corrected chi connectivity index (χ1v) is 9.51. The number of rotatable bonds is 6. The molecule has 0 radical (unpaired) electrons. The van der Waals surface area contributed by atoms with E-state index in [1.54, 1.807) is 18.0 Å². The summed E-state index contributed by atoms with van der Waals surface area (Å²) in [5.74, 6) is 0.850. The predicted molar refractivity (Wildman–Crippen MR) is 102 cm³/mol. The summed E-state index contributed by atoms with van der Waals surface area (Å²) in [5.41, 5.74) is 4.54. The van der Waals surface area contributed by atoms with Crippen LogP contribution < -0.4 is 0 Å². The van der Waals surface area contributed by atoms with Crippen LogP contribution in [0.15, 0.2) is 64.4 Å². The van der Waals surface area contributed by atoms with Crippen molar-refractivity contribution in [3.63, 3.8) is 0 Å². The number of aryl methyl sites for hydroxylation is 1. The number of hydrogen-bond acceptors (Lipinski definition) is 3. The smallest absolute Gasteiger partial charge is 0.168 e. The minimum absolute atomic E-state index is 0.00228. The topological polar surface area (TPSA) is 38.0 Å². The fourth-order valence-corrected chi connectivity index (χ4v) is 3.62. The zero-order valence-electron chi connectivity index (χ0n) is 13.4. The summed E-state index contributed by atoms with van der Waals surface area (Å²) in [5, 5.41) is 10.5. The molecule has 2 aromatic carbocycles. The van der Waals surface area contributed by atoms with Crippen molar-refractivity contribution in [1.82, 2.24) is 9.55 Å². The maximum atomic E-state index is 9.59. The third-order valence-corrected chi connectivity index (χ3v) is 5.40. The first kappa shape index (κ1) is 17.3. The third-order valence-electron chi connectivity index (χ3n) is 3.81. The lowest BCUT2D eigenvalue weighted by Crippen LogP contribution is -2.06. The van der Waals surface area contributed by atoms with Gasteiger partial charge >= 0.3 is 0 Å². The highest BCUT2D eigenvalue weighted by Crippen LogP contribution is 2.25. The van der Waals surface area contributed by atoms with Crippen LogP contribution in [-0.4, -0.2) is 14.7 Å². The van der Waals surface area contributed by atoms with E-state index in [-0.39, 0.29) is 6.61 Å². The number of thioether (sulfide) groups is 1. The molecule has 0 saturated heterocycles. The molecule has 24 heavy (non-hydrogen) atoms. The standard InChI is InChI=1S/C19H19BrN2OS/c1-14-2-4-15(5-3-14)11-22-18(12-23)10-21-19(22)24-13-16-6-8-17(20)9-7-16/h2-10,23H,11-13H2,1H3. The summed E-state index contributed by atoms with van der Waals surface area (Å²) in [6.07, 6.45) is 1.76. The minimum Gasteiger partial charge on any atom is -0.390 e. The zero-order valence-corrected chi connectivity index (χ0v) is 15.8. The maximum Gasteiger partial charge on any atom is 0.168 e. The molecule has 0 aliphatic heterocycles. The molecule has 1 heterocycles. The largest absolute Gasteiger partial charge is 0.390 e. The quantitative estimate of drug-likeness (QED) is 0.602. The van der Waals surface area contributed by atoms with Gasteiger partial charge in [-0.15, -0.1) is 0 Å². The van der Waals surface area contributed by atoms with Crippen LogP contribution in [0.4, 0.5) is 0 Å². The number of benzene rings is 2. The van der Waals surface area contributed by atoms with Gasteiger partial charge in [-0.1, -0.05) is 69.7 Å². The van der Waals surface area contributed by atoms with Crippen LogP contribution in [0.2, 0.25) is 0 Å². The average molecular weight is 403 g/mol. The summed E-state index contributed by atoms with van der Waals surface area (Å²) < 4.78 is 3.17. The van der Waals surface area contributed by atoms with Crippen molar-refractivity contribution in [2.75, 3.05) is 0 Å². The van der Waals surface area contributed by atoms with Crippen molar-refractivity contribution < 1.29 is 5.11 Å². The fraction of sp³-hybridized carbons (Fsp3) is 0.211. The lowest BCUT2D eigenvalue weighted by atomic mass is 10.1. The van der Waals surface area contributed by atoms with E-state index in [0.717, 1.165) is 27.6 Å². The summed E-state index contributed by atoms with van der Waals surface area (Å²) in [6.45, 7) is 2.80. The minimum atomic E-state index is -0.00228. The molecule has 0 unspecified atom stereocenters. The van der Waals surface area contributed by atoms with Crippen molar-refractivity contribution in [2.45, 2.75) is 31.0 Å². The number of aliphatic hydroxyl groups excluding tert-OH is 1. The number of aliphatic hydroxyl groups is 1. The molecule has 0 bridgehead atoms. The molecule has 5 heteroatoms. The molecule has 0 fully saturated rings. The van der Waals surface area contributed by atoms with E-state index in [2.05, 4.69) is 68.8 Å². The Morgan fingerprint density at radius 3 is 2.38 bits per heavy atom. The van der Waals surface area contributed by atoms with Gasteiger partial charge in [-0.3, -0.25) is 0 Å². The van der Waals surface area contributed by atoms with Crippen molar-refractivity contribution in [3.05, 3.63) is 81.6 Å². The summed E-state index contributed by atoms with van der Waals surface area (Å²) in [7, 11) is 0. The van der Waals surface area contributed by atoms with Crippen molar-refractivity contribution in [2.24, 2.45) is 0 Å². The van der Waals surface area contributed by atoms with Gasteiger partial charge in [0.15, 0.2) is 5.16 Å². The molecule has 0 amide bonds. The normalized spacial score (nSPS) is 11.0. The van der Waals surface area contributed by atoms with Gasteiger partial charge in [0, 0.05) is 16.8 Å². The summed E-state index contributed by atoms with van der Waals surface area (Å²) >= 11 is 5.15. The molecule has 0 saturated carbocycles. The van der Waals surface area contributed by atoms with Crippen LogP contribution in [0.3, 0.4) is 0 Å². The highest BCUT2D eigenvalue weighted by Gasteiger charge is 2.11. The van der Waals surface area contributed by atoms with Gasteiger partial charge in [-0.2, -0.15) is 0 Å². The zero-order chi connectivity index (χ0) is 16.9. The second-order valence-corrected chi connectivity index (χ2v) is 7.54. The Balaban J connectivity index is 1.76. The number of hydrogen-bond donors (Lipinski definition) is 1. The van der Waals surface area contributed by atoms with Crippen LogP contribution >= 0.6 is 27.7 Å². The highest BCUT2D eigenvalue weighted by atomic mass is 79.9. The third kappa shape index (κ3) is 4.29. The Labute approximate surface area is 154 Å². The second kappa shape index (κ2) is 8.01. The number of aromatic nitrogens is 2. The van der Waals surface area contributed by atoms with Gasteiger partial charge in [0.05, 0.1) is 18.5 Å². The van der Waals surface area contributed by atoms with Crippen LogP contribution in [0.1, 0.15) is 22.4 Å². The molecule has 124 valence electrons. The maximum absolute atomic E-state index is 9.59. The van der Waals surface area contributed by atoms with Crippen molar-refractivity contribution >= 4 is 27.7 Å². The van der Waals surface area contributed by atoms with E-state index in [9.17, 15) is 5.11 Å². The summed E-state index contributed by atoms with van der Waals surface area (Å²) in [4.78, 5) is 4.49. The van der Waals surface area contributed by atoms with Crippen LogP contribution in [0, 0.1) is 6.92 Å². The van der Waals surface area contributed by atoms with E-state index in [4.69, 9.17) is 0 Å². The van der Waals surface area contributed by atoms with Crippen molar-refractivity contribution in [1.29, 1.82) is 0 Å². The van der Waals surface area contributed by atoms with E-state index in [1.165, 1.54) is 16.7 Å². The highest BCUT2D eigenvalue weighted by molar-refractivity contribution is 9.10. The van der Waals surface area contributed by atoms with E-state index < -0.39 is 0 Å². The van der Waals surface area contributed by atoms with Crippen LogP contribution in [-0.2, 0) is 18.9 Å². The Kier molecular flexibility index (Phi) is 5.76. The molecule has 1 aromatic heterocycles. The van der Waals surface area contributed by atoms with Gasteiger partial charge in [0.2, 0.25) is 0 Å². The molecule has 3 aromatic rings. The SMILES string of the molecule is Cc1ccc(Cn2c(CO)cnc2SCc2ccc(Br)cc2)cc1. The number of nitrogens with zero attached hydrogens (tertiary/aromatic N) is 2. The van der Waals surface area contributed by atoms with E-state index in [1.807, 2.05) is 12.1 Å². The summed E-state index contributed by atoms with van der Waals surface area (Å²) in [6, 6.07) is 16.8. The van der Waals surface area contributed by atoms with Gasteiger partial charge in [0.1, 0.15) is 0 Å². The Hall–Kier alpha value is -1.56. The second-order valence-electron chi connectivity index (χ2n) is 5.68. The lowest BCUT2D eigenvalue weighted by Gasteiger charge is -2.11. The predicted octanol–water partition coefficient (Wildman–Crippen LogP) is 4.79. The van der Waals surface area contributed by atoms with E-state index >= 15 is 0 Å². The Bertz CT molecular complexity index is 797. The fourth-order valence-electron chi connectivity index (χ4n) is 2.41. The number of halogens is 1. The molecular formula is C19H19BrN2OS. The Morgan fingerprint density at radius 1 is 1.04 bits per heavy atom. The monoisotopic (exact) mass is 402 g/mol.